The first-order valence-electron chi connectivity index (χ1n) is 7.63. The van der Waals surface area contributed by atoms with E-state index in [0.29, 0.717) is 0 Å². The van der Waals surface area contributed by atoms with Gasteiger partial charge in [-0.25, -0.2) is 0 Å². The molecule has 2 aromatic rings. The fraction of sp³-hybridized carbons (Fsp3) is 0.471. The van der Waals surface area contributed by atoms with E-state index >= 15 is 0 Å². The van der Waals surface area contributed by atoms with Crippen LogP contribution in [-0.4, -0.2) is 23.4 Å². The lowest BCUT2D eigenvalue weighted by Crippen LogP contribution is -2.27. The highest BCUT2D eigenvalue weighted by Gasteiger charge is 2.25. The number of nitrogens with zero attached hydrogens (tertiary/aromatic N) is 2. The monoisotopic (exact) mass is 287 g/mol. The molecule has 0 fully saturated rings. The summed E-state index contributed by atoms with van der Waals surface area (Å²) < 4.78 is 7.77. The van der Waals surface area contributed by atoms with Crippen molar-refractivity contribution in [3.63, 3.8) is 0 Å². The summed E-state index contributed by atoms with van der Waals surface area (Å²) in [6, 6.07) is 10.4. The molecule has 0 saturated heterocycles. The SMILES string of the molecule is CCCn1cc(C(NCC)C(OC)c2ccccc2)cn1. The largest absolute Gasteiger partial charge is 0.375 e. The predicted octanol–water partition coefficient (Wildman–Crippen LogP) is 3.33. The van der Waals surface area contributed by atoms with Crippen molar-refractivity contribution in [1.29, 1.82) is 0 Å². The maximum atomic E-state index is 5.78. The first kappa shape index (κ1) is 15.7. The Morgan fingerprint density at radius 1 is 1.19 bits per heavy atom. The van der Waals surface area contributed by atoms with Gasteiger partial charge >= 0.3 is 0 Å². The lowest BCUT2D eigenvalue weighted by atomic mass is 9.97. The van der Waals surface area contributed by atoms with E-state index in [4.69, 9.17) is 4.74 Å². The molecule has 1 aromatic carbocycles. The summed E-state index contributed by atoms with van der Waals surface area (Å²) in [5, 5.41) is 7.97. The highest BCUT2D eigenvalue weighted by atomic mass is 16.5. The second kappa shape index (κ2) is 7.96. The third-order valence-electron chi connectivity index (χ3n) is 3.57. The summed E-state index contributed by atoms with van der Waals surface area (Å²) in [4.78, 5) is 0. The number of benzene rings is 1. The minimum Gasteiger partial charge on any atom is -0.375 e. The molecular weight excluding hydrogens is 262 g/mol. The van der Waals surface area contributed by atoms with Crippen LogP contribution in [0.3, 0.4) is 0 Å². The molecule has 1 N–H and O–H groups in total. The van der Waals surface area contributed by atoms with E-state index in [9.17, 15) is 0 Å². The Labute approximate surface area is 127 Å². The molecule has 4 nitrogen and oxygen atoms in total. The first-order chi connectivity index (χ1) is 10.3. The number of methoxy groups -OCH3 is 1. The van der Waals surface area contributed by atoms with Crippen LogP contribution in [0, 0.1) is 0 Å². The molecule has 4 heteroatoms. The summed E-state index contributed by atoms with van der Waals surface area (Å²) in [5.74, 6) is 0. The first-order valence-corrected chi connectivity index (χ1v) is 7.63. The fourth-order valence-corrected chi connectivity index (χ4v) is 2.62. The Morgan fingerprint density at radius 2 is 1.95 bits per heavy atom. The van der Waals surface area contributed by atoms with Crippen molar-refractivity contribution in [1.82, 2.24) is 15.1 Å². The maximum absolute atomic E-state index is 5.78. The third-order valence-corrected chi connectivity index (χ3v) is 3.57. The van der Waals surface area contributed by atoms with Gasteiger partial charge in [-0.15, -0.1) is 0 Å². The van der Waals surface area contributed by atoms with Crippen LogP contribution in [0.2, 0.25) is 0 Å². The van der Waals surface area contributed by atoms with Gasteiger partial charge in [-0.2, -0.15) is 5.10 Å². The molecule has 1 heterocycles. The second-order valence-corrected chi connectivity index (χ2v) is 5.14. The van der Waals surface area contributed by atoms with E-state index in [1.807, 2.05) is 29.1 Å². The normalized spacial score (nSPS) is 14.0. The Bertz CT molecular complexity index is 524. The van der Waals surface area contributed by atoms with Crippen molar-refractivity contribution in [2.75, 3.05) is 13.7 Å². The Morgan fingerprint density at radius 3 is 2.57 bits per heavy atom. The highest BCUT2D eigenvalue weighted by molar-refractivity contribution is 5.23. The van der Waals surface area contributed by atoms with Crippen molar-refractivity contribution in [3.05, 3.63) is 53.9 Å². The molecule has 0 bridgehead atoms. The number of likely N-dealkylation sites (N-methyl/N-ethyl adjacent to an activating group) is 1. The van der Waals surface area contributed by atoms with Gasteiger partial charge in [0.1, 0.15) is 6.10 Å². The average molecular weight is 287 g/mol. The zero-order valence-corrected chi connectivity index (χ0v) is 13.1. The molecule has 114 valence electrons. The summed E-state index contributed by atoms with van der Waals surface area (Å²) in [7, 11) is 1.76. The molecule has 1 aromatic heterocycles. The van der Waals surface area contributed by atoms with E-state index in [-0.39, 0.29) is 12.1 Å². The second-order valence-electron chi connectivity index (χ2n) is 5.14. The number of hydrogen-bond acceptors (Lipinski definition) is 3. The molecule has 0 radical (unpaired) electrons. The Hall–Kier alpha value is -1.65. The van der Waals surface area contributed by atoms with Crippen molar-refractivity contribution in [2.45, 2.75) is 39.0 Å². The molecule has 2 atom stereocenters. The summed E-state index contributed by atoms with van der Waals surface area (Å²) in [6.07, 6.45) is 5.12. The number of aromatic nitrogens is 2. The number of hydrogen-bond donors (Lipinski definition) is 1. The van der Waals surface area contributed by atoms with Gasteiger partial charge in [0.25, 0.3) is 0 Å². The number of ether oxygens (including phenoxy) is 1. The van der Waals surface area contributed by atoms with E-state index in [0.717, 1.165) is 19.5 Å². The van der Waals surface area contributed by atoms with Gasteiger partial charge in [-0.3, -0.25) is 4.68 Å². The smallest absolute Gasteiger partial charge is 0.102 e. The molecule has 0 spiro atoms. The number of aryl methyl sites for hydroxylation is 1. The Kier molecular flexibility index (Phi) is 5.96. The van der Waals surface area contributed by atoms with Crippen LogP contribution in [-0.2, 0) is 11.3 Å². The van der Waals surface area contributed by atoms with Crippen LogP contribution in [0.5, 0.6) is 0 Å². The number of nitrogens with one attached hydrogen (secondary N) is 1. The van der Waals surface area contributed by atoms with Crippen molar-refractivity contribution in [3.8, 4) is 0 Å². The summed E-state index contributed by atoms with van der Waals surface area (Å²) in [5.41, 5.74) is 2.34. The van der Waals surface area contributed by atoms with E-state index < -0.39 is 0 Å². The average Bonchev–Trinajstić information content (AvgIpc) is 2.97. The van der Waals surface area contributed by atoms with Crippen LogP contribution < -0.4 is 5.32 Å². The van der Waals surface area contributed by atoms with Crippen LogP contribution in [0.25, 0.3) is 0 Å². The molecule has 0 aliphatic rings. The standard InChI is InChI=1S/C17H25N3O/c1-4-11-20-13-15(12-19-20)16(18-5-2)17(21-3)14-9-7-6-8-10-14/h6-10,12-13,16-18H,4-5,11H2,1-3H3. The van der Waals surface area contributed by atoms with Crippen molar-refractivity contribution in [2.24, 2.45) is 0 Å². The number of rotatable bonds is 8. The molecule has 0 amide bonds. The van der Waals surface area contributed by atoms with E-state index in [2.05, 4.69) is 42.6 Å². The molecule has 0 aliphatic heterocycles. The molecule has 21 heavy (non-hydrogen) atoms. The van der Waals surface area contributed by atoms with Gasteiger partial charge in [0.05, 0.1) is 12.2 Å². The zero-order valence-electron chi connectivity index (χ0n) is 13.1. The molecule has 2 rings (SSSR count). The van der Waals surface area contributed by atoms with E-state index in [1.165, 1.54) is 11.1 Å². The van der Waals surface area contributed by atoms with Crippen molar-refractivity contribution >= 4 is 0 Å². The maximum Gasteiger partial charge on any atom is 0.102 e. The minimum absolute atomic E-state index is 0.0228. The zero-order chi connectivity index (χ0) is 15.1. The van der Waals surface area contributed by atoms with Gasteiger partial charge < -0.3 is 10.1 Å². The van der Waals surface area contributed by atoms with Crippen LogP contribution in [0.15, 0.2) is 42.7 Å². The molecule has 0 aliphatic carbocycles. The predicted molar refractivity (Wildman–Crippen MR) is 85.1 cm³/mol. The van der Waals surface area contributed by atoms with Crippen LogP contribution in [0.4, 0.5) is 0 Å². The quantitative estimate of drug-likeness (QED) is 0.809. The lowest BCUT2D eigenvalue weighted by Gasteiger charge is -2.26. The minimum atomic E-state index is -0.0228. The van der Waals surface area contributed by atoms with Crippen molar-refractivity contribution < 1.29 is 4.74 Å². The van der Waals surface area contributed by atoms with Crippen LogP contribution >= 0.6 is 0 Å². The van der Waals surface area contributed by atoms with Gasteiger partial charge in [0.2, 0.25) is 0 Å². The van der Waals surface area contributed by atoms with E-state index in [1.54, 1.807) is 7.11 Å². The third kappa shape index (κ3) is 3.93. The molecule has 0 saturated carbocycles. The summed E-state index contributed by atoms with van der Waals surface area (Å²) in [6.45, 7) is 6.10. The van der Waals surface area contributed by atoms with Gasteiger partial charge in [0.15, 0.2) is 0 Å². The molecular formula is C17H25N3O. The summed E-state index contributed by atoms with van der Waals surface area (Å²) >= 11 is 0. The van der Waals surface area contributed by atoms with Gasteiger partial charge in [-0.05, 0) is 18.5 Å². The molecule has 2 unspecified atom stereocenters. The highest BCUT2D eigenvalue weighted by Crippen LogP contribution is 2.31. The Balaban J connectivity index is 2.27. The fourth-order valence-electron chi connectivity index (χ4n) is 2.62. The van der Waals surface area contributed by atoms with Gasteiger partial charge in [0, 0.05) is 25.4 Å². The topological polar surface area (TPSA) is 39.1 Å². The lowest BCUT2D eigenvalue weighted by molar-refractivity contribution is 0.0681. The van der Waals surface area contributed by atoms with Crippen LogP contribution in [0.1, 0.15) is 43.5 Å². The van der Waals surface area contributed by atoms with Gasteiger partial charge in [-0.1, -0.05) is 44.2 Å².